The van der Waals surface area contributed by atoms with Crippen molar-refractivity contribution >= 4 is 29.1 Å². The van der Waals surface area contributed by atoms with Gasteiger partial charge in [-0.1, -0.05) is 30.1 Å². The molecule has 1 fully saturated rings. The van der Waals surface area contributed by atoms with Crippen LogP contribution in [0.5, 0.6) is 5.75 Å². The molecule has 1 aromatic rings. The molecule has 19 heavy (non-hydrogen) atoms. The van der Waals surface area contributed by atoms with Gasteiger partial charge in [-0.25, -0.2) is 0 Å². The molecule has 1 aliphatic rings. The predicted octanol–water partition coefficient (Wildman–Crippen LogP) is 2.36. The summed E-state index contributed by atoms with van der Waals surface area (Å²) in [6.07, 6.45) is 0.640. The van der Waals surface area contributed by atoms with Crippen LogP contribution in [0, 0.1) is 0 Å². The SMILES string of the molecule is CCC1(O)CN(C(=O)COc2ccc(Cl)cc2Cl)C1. The third kappa shape index (κ3) is 3.32. The Balaban J connectivity index is 1.85. The van der Waals surface area contributed by atoms with Crippen LogP contribution in [0.1, 0.15) is 13.3 Å². The molecule has 0 unspecified atom stereocenters. The number of aliphatic hydroxyl groups is 1. The largest absolute Gasteiger partial charge is 0.482 e. The summed E-state index contributed by atoms with van der Waals surface area (Å²) in [6.45, 7) is 2.52. The van der Waals surface area contributed by atoms with Crippen LogP contribution in [0.15, 0.2) is 18.2 Å². The van der Waals surface area contributed by atoms with Crippen molar-refractivity contribution < 1.29 is 14.6 Å². The lowest BCUT2D eigenvalue weighted by Gasteiger charge is -2.45. The highest BCUT2D eigenvalue weighted by Crippen LogP contribution is 2.28. The van der Waals surface area contributed by atoms with Gasteiger partial charge in [0.25, 0.3) is 5.91 Å². The summed E-state index contributed by atoms with van der Waals surface area (Å²) in [5, 5.41) is 10.7. The highest BCUT2D eigenvalue weighted by atomic mass is 35.5. The third-order valence-electron chi connectivity index (χ3n) is 3.23. The molecule has 0 atom stereocenters. The lowest BCUT2D eigenvalue weighted by molar-refractivity contribution is -0.157. The molecule has 0 aliphatic carbocycles. The normalized spacial score (nSPS) is 16.9. The van der Waals surface area contributed by atoms with Gasteiger partial charge < -0.3 is 14.7 Å². The van der Waals surface area contributed by atoms with Crippen LogP contribution in [0.2, 0.25) is 10.0 Å². The average molecular weight is 304 g/mol. The van der Waals surface area contributed by atoms with E-state index in [2.05, 4.69) is 0 Å². The Bertz CT molecular complexity index is 487. The Morgan fingerprint density at radius 3 is 2.74 bits per heavy atom. The van der Waals surface area contributed by atoms with Gasteiger partial charge >= 0.3 is 0 Å². The Labute approximate surface area is 121 Å². The van der Waals surface area contributed by atoms with Gasteiger partial charge in [0.15, 0.2) is 6.61 Å². The number of ether oxygens (including phenoxy) is 1. The van der Waals surface area contributed by atoms with Gasteiger partial charge in [0, 0.05) is 5.02 Å². The molecule has 1 heterocycles. The van der Waals surface area contributed by atoms with Gasteiger partial charge in [-0.3, -0.25) is 4.79 Å². The lowest BCUT2D eigenvalue weighted by Crippen LogP contribution is -2.63. The maximum Gasteiger partial charge on any atom is 0.260 e. The topological polar surface area (TPSA) is 49.8 Å². The average Bonchev–Trinajstić information content (AvgIpc) is 2.33. The van der Waals surface area contributed by atoms with E-state index in [0.29, 0.717) is 35.3 Å². The predicted molar refractivity (Wildman–Crippen MR) is 73.8 cm³/mol. The summed E-state index contributed by atoms with van der Waals surface area (Å²) in [4.78, 5) is 13.4. The van der Waals surface area contributed by atoms with E-state index in [4.69, 9.17) is 27.9 Å². The molecule has 1 aliphatic heterocycles. The minimum absolute atomic E-state index is 0.0961. The quantitative estimate of drug-likeness (QED) is 0.929. The van der Waals surface area contributed by atoms with Crippen molar-refractivity contribution in [2.75, 3.05) is 19.7 Å². The van der Waals surface area contributed by atoms with E-state index in [1.54, 1.807) is 23.1 Å². The monoisotopic (exact) mass is 303 g/mol. The third-order valence-corrected chi connectivity index (χ3v) is 3.76. The number of likely N-dealkylation sites (tertiary alicyclic amines) is 1. The first kappa shape index (κ1) is 14.4. The van der Waals surface area contributed by atoms with Gasteiger partial charge in [0.1, 0.15) is 5.75 Å². The molecule has 0 spiro atoms. The first-order valence-electron chi connectivity index (χ1n) is 6.01. The molecule has 1 N–H and O–H groups in total. The summed E-state index contributed by atoms with van der Waals surface area (Å²) < 4.78 is 5.35. The minimum atomic E-state index is -0.729. The molecular weight excluding hydrogens is 289 g/mol. The molecule has 0 bridgehead atoms. The number of amides is 1. The number of rotatable bonds is 4. The maximum atomic E-state index is 11.8. The molecular formula is C13H15Cl2NO3. The molecule has 2 rings (SSSR count). The van der Waals surface area contributed by atoms with E-state index >= 15 is 0 Å². The van der Waals surface area contributed by atoms with Crippen LogP contribution in [0.25, 0.3) is 0 Å². The molecule has 0 radical (unpaired) electrons. The standard InChI is InChI=1S/C13H15Cl2NO3/c1-2-13(18)7-16(8-13)12(17)6-19-11-4-3-9(14)5-10(11)15/h3-5,18H,2,6-8H2,1H3. The number of β-amino-alcohol motifs (C(OH)–C–C–N with tert-alkyl or cyclic N) is 1. The van der Waals surface area contributed by atoms with Crippen LogP contribution >= 0.6 is 23.2 Å². The van der Waals surface area contributed by atoms with Crippen LogP contribution in [0.3, 0.4) is 0 Å². The molecule has 1 amide bonds. The zero-order valence-electron chi connectivity index (χ0n) is 10.5. The van der Waals surface area contributed by atoms with Crippen molar-refractivity contribution in [3.05, 3.63) is 28.2 Å². The molecule has 1 saturated heterocycles. The molecule has 6 heteroatoms. The first-order valence-corrected chi connectivity index (χ1v) is 6.77. The molecule has 0 aromatic heterocycles. The highest BCUT2D eigenvalue weighted by Gasteiger charge is 2.41. The zero-order valence-corrected chi connectivity index (χ0v) is 12.0. The first-order chi connectivity index (χ1) is 8.93. The van der Waals surface area contributed by atoms with Crippen molar-refractivity contribution in [3.63, 3.8) is 0 Å². The van der Waals surface area contributed by atoms with Crippen molar-refractivity contribution in [3.8, 4) is 5.75 Å². The van der Waals surface area contributed by atoms with E-state index in [9.17, 15) is 9.90 Å². The van der Waals surface area contributed by atoms with Crippen LogP contribution in [0.4, 0.5) is 0 Å². The van der Waals surface area contributed by atoms with E-state index in [-0.39, 0.29) is 12.5 Å². The zero-order chi connectivity index (χ0) is 14.0. The smallest absolute Gasteiger partial charge is 0.260 e. The number of carbonyl (C=O) groups excluding carboxylic acids is 1. The number of hydrogen-bond acceptors (Lipinski definition) is 3. The minimum Gasteiger partial charge on any atom is -0.482 e. The van der Waals surface area contributed by atoms with Crippen molar-refractivity contribution in [2.24, 2.45) is 0 Å². The van der Waals surface area contributed by atoms with E-state index in [0.717, 1.165) is 0 Å². The summed E-state index contributed by atoms with van der Waals surface area (Å²) in [6, 6.07) is 4.82. The van der Waals surface area contributed by atoms with Gasteiger partial charge in [-0.2, -0.15) is 0 Å². The van der Waals surface area contributed by atoms with Gasteiger partial charge in [-0.05, 0) is 24.6 Å². The summed E-state index contributed by atoms with van der Waals surface area (Å²) >= 11 is 11.7. The Morgan fingerprint density at radius 1 is 1.47 bits per heavy atom. The van der Waals surface area contributed by atoms with Gasteiger partial charge in [0.2, 0.25) is 0 Å². The fourth-order valence-electron chi connectivity index (χ4n) is 1.89. The Hall–Kier alpha value is -0.970. The number of nitrogens with zero attached hydrogens (tertiary/aromatic N) is 1. The number of hydrogen-bond donors (Lipinski definition) is 1. The molecule has 0 saturated carbocycles. The Kier molecular flexibility index (Phi) is 4.23. The summed E-state index contributed by atoms with van der Waals surface area (Å²) in [5.41, 5.74) is -0.729. The maximum absolute atomic E-state index is 11.8. The number of halogens is 2. The second-order valence-corrected chi connectivity index (χ2v) is 5.53. The highest BCUT2D eigenvalue weighted by molar-refractivity contribution is 6.35. The molecule has 4 nitrogen and oxygen atoms in total. The lowest BCUT2D eigenvalue weighted by atomic mass is 9.91. The van der Waals surface area contributed by atoms with Crippen LogP contribution in [-0.2, 0) is 4.79 Å². The van der Waals surface area contributed by atoms with E-state index < -0.39 is 5.60 Å². The number of benzene rings is 1. The second-order valence-electron chi connectivity index (χ2n) is 4.69. The Morgan fingerprint density at radius 2 is 2.16 bits per heavy atom. The summed E-state index contributed by atoms with van der Waals surface area (Å²) in [7, 11) is 0. The van der Waals surface area contributed by atoms with Gasteiger partial charge in [0.05, 0.1) is 23.7 Å². The molecule has 1 aromatic carbocycles. The van der Waals surface area contributed by atoms with E-state index in [1.165, 1.54) is 0 Å². The fourth-order valence-corrected chi connectivity index (χ4v) is 2.35. The van der Waals surface area contributed by atoms with Crippen molar-refractivity contribution in [2.45, 2.75) is 18.9 Å². The van der Waals surface area contributed by atoms with Crippen molar-refractivity contribution in [1.82, 2.24) is 4.90 Å². The summed E-state index contributed by atoms with van der Waals surface area (Å²) in [5.74, 6) is 0.259. The number of carbonyl (C=O) groups is 1. The van der Waals surface area contributed by atoms with Crippen LogP contribution < -0.4 is 4.74 Å². The van der Waals surface area contributed by atoms with E-state index in [1.807, 2.05) is 6.92 Å². The fraction of sp³-hybridized carbons (Fsp3) is 0.462. The second kappa shape index (κ2) is 5.57. The van der Waals surface area contributed by atoms with Gasteiger partial charge in [-0.15, -0.1) is 0 Å². The van der Waals surface area contributed by atoms with Crippen LogP contribution in [-0.4, -0.2) is 41.2 Å². The van der Waals surface area contributed by atoms with Crippen molar-refractivity contribution in [1.29, 1.82) is 0 Å². The molecule has 104 valence electrons.